The lowest BCUT2D eigenvalue weighted by molar-refractivity contribution is -0.139. The summed E-state index contributed by atoms with van der Waals surface area (Å²) in [5, 5.41) is 3.79. The molecule has 104 valence electrons. The van der Waals surface area contributed by atoms with Crippen LogP contribution in [0.2, 0.25) is 0 Å². The number of para-hydroxylation sites is 1. The molecule has 1 aromatic rings. The van der Waals surface area contributed by atoms with Crippen LogP contribution in [0, 0.1) is 11.8 Å². The first kappa shape index (κ1) is 13.2. The van der Waals surface area contributed by atoms with Crippen LogP contribution in [0.1, 0.15) is 12.8 Å². The molecule has 0 spiro atoms. The molecule has 5 heteroatoms. The maximum atomic E-state index is 12.3. The number of hydrogen-bond acceptors (Lipinski definition) is 3. The van der Waals surface area contributed by atoms with Crippen molar-refractivity contribution in [3.63, 3.8) is 0 Å². The third kappa shape index (κ3) is 2.31. The van der Waals surface area contributed by atoms with Gasteiger partial charge < -0.3 is 5.32 Å². The van der Waals surface area contributed by atoms with Crippen LogP contribution in [0.4, 0.5) is 5.69 Å². The van der Waals surface area contributed by atoms with E-state index in [-0.39, 0.29) is 30.3 Å². The van der Waals surface area contributed by atoms with Crippen LogP contribution in [0.5, 0.6) is 0 Å². The minimum atomic E-state index is -0.280. The van der Waals surface area contributed by atoms with Gasteiger partial charge in [0.15, 0.2) is 0 Å². The lowest BCUT2D eigenvalue weighted by Crippen LogP contribution is -2.35. The summed E-state index contributed by atoms with van der Waals surface area (Å²) in [6.45, 7) is 0.215. The number of allylic oxidation sites excluding steroid dienone is 2. The SMILES string of the molecule is O=C1[C@H]2CC=C(Cl)C[C@H]2C(=O)N1CNc1ccccc1. The molecule has 0 unspecified atom stereocenters. The van der Waals surface area contributed by atoms with Crippen molar-refractivity contribution in [2.24, 2.45) is 11.8 Å². The van der Waals surface area contributed by atoms with Crippen molar-refractivity contribution in [2.45, 2.75) is 12.8 Å². The second kappa shape index (κ2) is 5.29. The Kier molecular flexibility index (Phi) is 3.49. The molecule has 2 atom stereocenters. The molecular weight excluding hydrogens is 276 g/mol. The molecule has 1 N–H and O–H groups in total. The quantitative estimate of drug-likeness (QED) is 0.871. The lowest BCUT2D eigenvalue weighted by atomic mass is 9.85. The number of imide groups is 1. The van der Waals surface area contributed by atoms with E-state index in [9.17, 15) is 9.59 Å². The fourth-order valence-electron chi connectivity index (χ4n) is 2.78. The lowest BCUT2D eigenvalue weighted by Gasteiger charge is -2.17. The highest BCUT2D eigenvalue weighted by molar-refractivity contribution is 6.30. The van der Waals surface area contributed by atoms with Crippen molar-refractivity contribution < 1.29 is 9.59 Å². The first-order chi connectivity index (χ1) is 9.66. The van der Waals surface area contributed by atoms with Gasteiger partial charge in [-0.1, -0.05) is 35.9 Å². The molecule has 1 aliphatic heterocycles. The first-order valence-electron chi connectivity index (χ1n) is 6.65. The third-order valence-corrected chi connectivity index (χ3v) is 4.18. The monoisotopic (exact) mass is 290 g/mol. The molecule has 0 saturated carbocycles. The number of hydrogen-bond donors (Lipinski definition) is 1. The second-order valence-corrected chi connectivity index (χ2v) is 5.59. The number of carbonyl (C=O) groups is 2. The fourth-order valence-corrected chi connectivity index (χ4v) is 3.03. The number of likely N-dealkylation sites (tertiary alicyclic amines) is 1. The van der Waals surface area contributed by atoms with Gasteiger partial charge in [-0.15, -0.1) is 0 Å². The molecule has 2 amide bonds. The molecule has 4 nitrogen and oxygen atoms in total. The summed E-state index contributed by atoms with van der Waals surface area (Å²) in [5.41, 5.74) is 0.888. The molecule has 0 aromatic heterocycles. The topological polar surface area (TPSA) is 49.4 Å². The van der Waals surface area contributed by atoms with Crippen molar-refractivity contribution in [1.29, 1.82) is 0 Å². The van der Waals surface area contributed by atoms with Crippen molar-refractivity contribution in [2.75, 3.05) is 12.0 Å². The smallest absolute Gasteiger partial charge is 0.234 e. The van der Waals surface area contributed by atoms with Gasteiger partial charge in [0.25, 0.3) is 0 Å². The highest BCUT2D eigenvalue weighted by atomic mass is 35.5. The Hall–Kier alpha value is -1.81. The largest absolute Gasteiger partial charge is 0.367 e. The van der Waals surface area contributed by atoms with E-state index in [4.69, 9.17) is 11.6 Å². The van der Waals surface area contributed by atoms with E-state index in [0.717, 1.165) is 5.69 Å². The Morgan fingerprint density at radius 2 is 1.85 bits per heavy atom. The summed E-state index contributed by atoms with van der Waals surface area (Å²) in [4.78, 5) is 25.9. The van der Waals surface area contributed by atoms with Gasteiger partial charge in [0, 0.05) is 10.7 Å². The molecule has 0 radical (unpaired) electrons. The van der Waals surface area contributed by atoms with Crippen LogP contribution >= 0.6 is 11.6 Å². The van der Waals surface area contributed by atoms with Gasteiger partial charge in [-0.3, -0.25) is 14.5 Å². The van der Waals surface area contributed by atoms with Gasteiger partial charge >= 0.3 is 0 Å². The van der Waals surface area contributed by atoms with Gasteiger partial charge in [0.1, 0.15) is 0 Å². The van der Waals surface area contributed by atoms with Crippen molar-refractivity contribution in [1.82, 2.24) is 4.90 Å². The number of fused-ring (bicyclic) bond motifs is 1. The molecule has 1 fully saturated rings. The van der Waals surface area contributed by atoms with E-state index in [1.807, 2.05) is 36.4 Å². The fraction of sp³-hybridized carbons (Fsp3) is 0.333. The third-order valence-electron chi connectivity index (χ3n) is 3.88. The second-order valence-electron chi connectivity index (χ2n) is 5.11. The minimum absolute atomic E-state index is 0.0937. The molecule has 1 saturated heterocycles. The molecule has 1 aromatic carbocycles. The predicted octanol–water partition coefficient (Wildman–Crippen LogP) is 2.57. The van der Waals surface area contributed by atoms with Gasteiger partial charge in [0.05, 0.1) is 18.5 Å². The van der Waals surface area contributed by atoms with Crippen LogP contribution in [0.3, 0.4) is 0 Å². The maximum Gasteiger partial charge on any atom is 0.234 e. The van der Waals surface area contributed by atoms with E-state index in [1.54, 1.807) is 0 Å². The van der Waals surface area contributed by atoms with Gasteiger partial charge in [0.2, 0.25) is 11.8 Å². The normalized spacial score (nSPS) is 25.4. The van der Waals surface area contributed by atoms with Crippen LogP contribution in [0.25, 0.3) is 0 Å². The van der Waals surface area contributed by atoms with Crippen molar-refractivity contribution in [3.8, 4) is 0 Å². The number of halogens is 1. The minimum Gasteiger partial charge on any atom is -0.367 e. The Bertz CT molecular complexity index is 570. The Labute approximate surface area is 122 Å². The maximum absolute atomic E-state index is 12.3. The molecule has 0 bridgehead atoms. The summed E-state index contributed by atoms with van der Waals surface area (Å²) < 4.78 is 0. The highest BCUT2D eigenvalue weighted by Crippen LogP contribution is 2.38. The number of nitrogens with zero attached hydrogens (tertiary/aromatic N) is 1. The molecular formula is C15H15ClN2O2. The molecule has 2 aliphatic rings. The zero-order chi connectivity index (χ0) is 14.1. The Morgan fingerprint density at radius 1 is 1.15 bits per heavy atom. The van der Waals surface area contributed by atoms with E-state index in [1.165, 1.54) is 4.90 Å². The molecule has 1 heterocycles. The summed E-state index contributed by atoms with van der Waals surface area (Å²) in [7, 11) is 0. The van der Waals surface area contributed by atoms with E-state index in [0.29, 0.717) is 17.9 Å². The number of rotatable bonds is 3. The number of anilines is 1. The average molecular weight is 291 g/mol. The summed E-state index contributed by atoms with van der Waals surface area (Å²) in [6.07, 6.45) is 2.90. The number of nitrogens with one attached hydrogen (secondary N) is 1. The number of benzene rings is 1. The summed E-state index contributed by atoms with van der Waals surface area (Å²) in [6, 6.07) is 9.52. The highest BCUT2D eigenvalue weighted by Gasteiger charge is 2.48. The predicted molar refractivity (Wildman–Crippen MR) is 76.9 cm³/mol. The van der Waals surface area contributed by atoms with Crippen LogP contribution in [0.15, 0.2) is 41.4 Å². The standard InChI is InChI=1S/C15H15ClN2O2/c16-10-6-7-12-13(8-10)15(20)18(14(12)19)9-17-11-4-2-1-3-5-11/h1-6,12-13,17H,7-9H2/t12-,13+/m0/s1. The van der Waals surface area contributed by atoms with E-state index in [2.05, 4.69) is 5.32 Å². The Morgan fingerprint density at radius 3 is 2.60 bits per heavy atom. The Balaban J connectivity index is 1.69. The first-order valence-corrected chi connectivity index (χ1v) is 7.03. The van der Waals surface area contributed by atoms with E-state index >= 15 is 0 Å². The summed E-state index contributed by atoms with van der Waals surface area (Å²) in [5.74, 6) is -0.723. The van der Waals surface area contributed by atoms with Gasteiger partial charge in [-0.05, 0) is 25.0 Å². The van der Waals surface area contributed by atoms with E-state index < -0.39 is 0 Å². The number of carbonyl (C=O) groups excluding carboxylic acids is 2. The van der Waals surface area contributed by atoms with Crippen LogP contribution in [-0.4, -0.2) is 23.4 Å². The van der Waals surface area contributed by atoms with Gasteiger partial charge in [-0.25, -0.2) is 0 Å². The van der Waals surface area contributed by atoms with Crippen molar-refractivity contribution >= 4 is 29.1 Å². The zero-order valence-electron chi connectivity index (χ0n) is 10.9. The number of amides is 2. The van der Waals surface area contributed by atoms with Crippen molar-refractivity contribution in [3.05, 3.63) is 41.4 Å². The van der Waals surface area contributed by atoms with Gasteiger partial charge in [-0.2, -0.15) is 0 Å². The molecule has 1 aliphatic carbocycles. The van der Waals surface area contributed by atoms with Crippen LogP contribution < -0.4 is 5.32 Å². The molecule has 20 heavy (non-hydrogen) atoms. The molecule has 3 rings (SSSR count). The average Bonchev–Trinajstić information content (AvgIpc) is 2.70. The zero-order valence-corrected chi connectivity index (χ0v) is 11.6. The van der Waals surface area contributed by atoms with Crippen LogP contribution in [-0.2, 0) is 9.59 Å². The summed E-state index contributed by atoms with van der Waals surface area (Å²) >= 11 is 5.98.